The highest BCUT2D eigenvalue weighted by Gasteiger charge is 2.52. The average molecular weight is 402 g/mol. The zero-order valence-corrected chi connectivity index (χ0v) is 15.7. The maximum absolute atomic E-state index is 13.8. The van der Waals surface area contributed by atoms with Gasteiger partial charge in [-0.25, -0.2) is 9.18 Å². The van der Waals surface area contributed by atoms with Crippen LogP contribution in [-0.4, -0.2) is 22.9 Å². The second kappa shape index (κ2) is 7.82. The van der Waals surface area contributed by atoms with Gasteiger partial charge in [-0.05, 0) is 30.2 Å². The summed E-state index contributed by atoms with van der Waals surface area (Å²) >= 11 is 5.90. The van der Waals surface area contributed by atoms with Crippen LogP contribution in [0.1, 0.15) is 24.5 Å². The Bertz CT molecular complexity index is 944. The van der Waals surface area contributed by atoms with Crippen LogP contribution in [0.4, 0.5) is 9.18 Å². The molecule has 28 heavy (non-hydrogen) atoms. The highest BCUT2D eigenvalue weighted by Crippen LogP contribution is 2.31. The van der Waals surface area contributed by atoms with Crippen LogP contribution in [0.25, 0.3) is 6.08 Å². The smallest absolute Gasteiger partial charge is 0.318 e. The van der Waals surface area contributed by atoms with Gasteiger partial charge in [0, 0.05) is 11.6 Å². The number of amides is 4. The first-order valence-electron chi connectivity index (χ1n) is 8.54. The molecule has 1 aliphatic rings. The van der Waals surface area contributed by atoms with Crippen molar-refractivity contribution in [1.82, 2.24) is 15.8 Å². The molecule has 1 fully saturated rings. The van der Waals surface area contributed by atoms with Gasteiger partial charge in [0.15, 0.2) is 0 Å². The lowest BCUT2D eigenvalue weighted by Gasteiger charge is -2.25. The predicted octanol–water partition coefficient (Wildman–Crippen LogP) is 3.38. The van der Waals surface area contributed by atoms with Crippen molar-refractivity contribution in [2.75, 3.05) is 0 Å². The molecule has 1 saturated heterocycles. The summed E-state index contributed by atoms with van der Waals surface area (Å²) in [7, 11) is 0. The van der Waals surface area contributed by atoms with E-state index in [1.807, 2.05) is 0 Å². The van der Waals surface area contributed by atoms with Crippen LogP contribution in [0, 0.1) is 5.82 Å². The van der Waals surface area contributed by atoms with Crippen molar-refractivity contribution in [3.05, 3.63) is 76.6 Å². The van der Waals surface area contributed by atoms with Crippen molar-refractivity contribution in [2.45, 2.75) is 18.9 Å². The van der Waals surface area contributed by atoms with E-state index in [1.54, 1.807) is 37.3 Å². The van der Waals surface area contributed by atoms with Crippen LogP contribution < -0.4 is 10.7 Å². The molecule has 1 heterocycles. The van der Waals surface area contributed by atoms with Gasteiger partial charge in [-0.1, -0.05) is 54.9 Å². The van der Waals surface area contributed by atoms with E-state index >= 15 is 0 Å². The Hall–Kier alpha value is -3.19. The number of carbonyl (C=O) groups is 3. The Labute approximate surface area is 165 Å². The maximum Gasteiger partial charge on any atom is 0.344 e. The molecule has 0 bridgehead atoms. The zero-order valence-electron chi connectivity index (χ0n) is 14.9. The van der Waals surface area contributed by atoms with Gasteiger partial charge in [0.1, 0.15) is 11.4 Å². The number of carbonyl (C=O) groups excluding carboxylic acids is 3. The molecule has 144 valence electrons. The summed E-state index contributed by atoms with van der Waals surface area (Å²) in [6.45, 7) is 1.76. The van der Waals surface area contributed by atoms with Crippen molar-refractivity contribution in [2.24, 2.45) is 0 Å². The summed E-state index contributed by atoms with van der Waals surface area (Å²) in [5, 5.41) is 3.41. The molecule has 2 aromatic rings. The molecule has 0 aromatic heterocycles. The van der Waals surface area contributed by atoms with Crippen LogP contribution in [0.15, 0.2) is 54.6 Å². The van der Waals surface area contributed by atoms with Crippen molar-refractivity contribution in [1.29, 1.82) is 0 Å². The molecule has 4 amide bonds. The topological polar surface area (TPSA) is 78.5 Å². The average Bonchev–Trinajstić information content (AvgIpc) is 2.93. The molecular formula is C20H17ClFN3O3. The highest BCUT2D eigenvalue weighted by molar-refractivity contribution is 6.32. The highest BCUT2D eigenvalue weighted by atomic mass is 35.5. The van der Waals surface area contributed by atoms with E-state index in [4.69, 9.17) is 11.6 Å². The number of hydrogen-bond acceptors (Lipinski definition) is 3. The fraction of sp³-hybridized carbons (Fsp3) is 0.150. The van der Waals surface area contributed by atoms with Crippen LogP contribution >= 0.6 is 11.6 Å². The van der Waals surface area contributed by atoms with Gasteiger partial charge in [0.25, 0.3) is 11.8 Å². The van der Waals surface area contributed by atoms with Crippen molar-refractivity contribution in [3.8, 4) is 0 Å². The number of rotatable bonds is 5. The lowest BCUT2D eigenvalue weighted by molar-refractivity contribution is -0.138. The van der Waals surface area contributed by atoms with Crippen LogP contribution in [0.3, 0.4) is 0 Å². The first-order chi connectivity index (χ1) is 13.4. The number of benzene rings is 2. The van der Waals surface area contributed by atoms with E-state index in [1.165, 1.54) is 24.3 Å². The van der Waals surface area contributed by atoms with Gasteiger partial charge < -0.3 is 5.32 Å². The molecule has 0 aliphatic carbocycles. The van der Waals surface area contributed by atoms with Gasteiger partial charge in [-0.3, -0.25) is 15.0 Å². The number of halogens is 2. The minimum absolute atomic E-state index is 0.0312. The molecule has 0 spiro atoms. The number of imide groups is 1. The van der Waals surface area contributed by atoms with Crippen molar-refractivity contribution in [3.63, 3.8) is 0 Å². The molecule has 3 rings (SSSR count). The minimum atomic E-state index is -1.26. The van der Waals surface area contributed by atoms with Gasteiger partial charge in [-0.15, -0.1) is 0 Å². The number of urea groups is 1. The molecule has 6 nitrogen and oxygen atoms in total. The van der Waals surface area contributed by atoms with Crippen LogP contribution in [0.2, 0.25) is 5.02 Å². The van der Waals surface area contributed by atoms with Crippen LogP contribution in [0.5, 0.6) is 0 Å². The standard InChI is InChI=1S/C20H17ClFN3O3/c1-2-20(13-7-4-3-5-8-13)18(27)25(19(28)23-20)24-17(26)12-11-14-15(21)9-6-10-16(14)22/h3-12H,2H2,1H3,(H,23,28)(H,24,26)/b12-11+/t20-/m1/s1. The van der Waals surface area contributed by atoms with E-state index in [9.17, 15) is 18.8 Å². The number of hydrazine groups is 1. The third kappa shape index (κ3) is 3.48. The molecule has 0 saturated carbocycles. The normalized spacial score (nSPS) is 19.2. The summed E-state index contributed by atoms with van der Waals surface area (Å²) < 4.78 is 13.8. The minimum Gasteiger partial charge on any atom is -0.318 e. The van der Waals surface area contributed by atoms with Gasteiger partial charge >= 0.3 is 6.03 Å². The van der Waals surface area contributed by atoms with Crippen molar-refractivity contribution < 1.29 is 18.8 Å². The van der Waals surface area contributed by atoms with E-state index in [0.717, 1.165) is 6.08 Å². The van der Waals surface area contributed by atoms with E-state index in [2.05, 4.69) is 10.7 Å². The second-order valence-corrected chi connectivity index (χ2v) is 6.55. The summed E-state index contributed by atoms with van der Waals surface area (Å²) in [4.78, 5) is 37.4. The molecule has 2 N–H and O–H groups in total. The third-order valence-electron chi connectivity index (χ3n) is 4.51. The Morgan fingerprint density at radius 3 is 2.57 bits per heavy atom. The molecule has 2 aromatic carbocycles. The number of hydrogen-bond donors (Lipinski definition) is 2. The SMILES string of the molecule is CC[C@]1(c2ccccc2)NC(=O)N(NC(=O)/C=C/c2c(F)cccc2Cl)C1=O. The Kier molecular flexibility index (Phi) is 5.46. The molecule has 1 aliphatic heterocycles. The Morgan fingerprint density at radius 1 is 1.21 bits per heavy atom. The predicted molar refractivity (Wildman–Crippen MR) is 102 cm³/mol. The molecule has 0 unspecified atom stereocenters. The summed E-state index contributed by atoms with van der Waals surface area (Å²) in [6.07, 6.45) is 2.48. The summed E-state index contributed by atoms with van der Waals surface area (Å²) in [6, 6.07) is 12.2. The molecule has 8 heteroatoms. The second-order valence-electron chi connectivity index (χ2n) is 6.14. The first-order valence-corrected chi connectivity index (χ1v) is 8.92. The monoisotopic (exact) mass is 401 g/mol. The lowest BCUT2D eigenvalue weighted by atomic mass is 9.87. The summed E-state index contributed by atoms with van der Waals surface area (Å²) in [5.74, 6) is -1.97. The quantitative estimate of drug-likeness (QED) is 0.595. The summed E-state index contributed by atoms with van der Waals surface area (Å²) in [5.41, 5.74) is 1.61. The van der Waals surface area contributed by atoms with Gasteiger partial charge in [-0.2, -0.15) is 5.01 Å². The van der Waals surface area contributed by atoms with E-state index in [0.29, 0.717) is 17.0 Å². The largest absolute Gasteiger partial charge is 0.344 e. The van der Waals surface area contributed by atoms with Crippen molar-refractivity contribution >= 4 is 35.5 Å². The maximum atomic E-state index is 13.8. The fourth-order valence-electron chi connectivity index (χ4n) is 3.02. The number of nitrogens with one attached hydrogen (secondary N) is 2. The van der Waals surface area contributed by atoms with Gasteiger partial charge in [0.05, 0.1) is 5.02 Å². The Morgan fingerprint density at radius 2 is 1.93 bits per heavy atom. The molecular weight excluding hydrogens is 385 g/mol. The van der Waals surface area contributed by atoms with E-state index < -0.39 is 29.2 Å². The Balaban J connectivity index is 1.79. The molecule has 1 atom stereocenters. The fourth-order valence-corrected chi connectivity index (χ4v) is 3.24. The van der Waals surface area contributed by atoms with E-state index in [-0.39, 0.29) is 10.6 Å². The third-order valence-corrected chi connectivity index (χ3v) is 4.84. The zero-order chi connectivity index (χ0) is 20.3. The number of nitrogens with zero attached hydrogens (tertiary/aromatic N) is 1. The first kappa shape index (κ1) is 19.6. The van der Waals surface area contributed by atoms with Gasteiger partial charge in [0.2, 0.25) is 0 Å². The van der Waals surface area contributed by atoms with Crippen LogP contribution in [-0.2, 0) is 15.1 Å². The lowest BCUT2D eigenvalue weighted by Crippen LogP contribution is -2.48. The molecule has 0 radical (unpaired) electrons.